The first-order valence-corrected chi connectivity index (χ1v) is 18.0. The fourth-order valence-corrected chi connectivity index (χ4v) is 11.2. The molecule has 0 unspecified atom stereocenters. The van der Waals surface area contributed by atoms with E-state index in [2.05, 4.69) is 144 Å². The molecule has 214 valence electrons. The summed E-state index contributed by atoms with van der Waals surface area (Å²) in [5.41, 5.74) is 6.40. The van der Waals surface area contributed by atoms with E-state index >= 15 is 0 Å². The maximum Gasteiger partial charge on any atom is 0.0719 e. The van der Waals surface area contributed by atoms with E-state index in [1.807, 2.05) is 34.0 Å². The van der Waals surface area contributed by atoms with Crippen molar-refractivity contribution in [1.82, 2.24) is 4.57 Å². The van der Waals surface area contributed by atoms with Crippen LogP contribution in [0.25, 0.3) is 99.1 Å². The third-order valence-electron chi connectivity index (χ3n) is 9.61. The molecule has 0 aliphatic rings. The van der Waals surface area contributed by atoms with E-state index in [9.17, 15) is 0 Å². The first-order valence-electron chi connectivity index (χ1n) is 15.5. The van der Waals surface area contributed by atoms with Crippen molar-refractivity contribution in [2.24, 2.45) is 0 Å². The van der Waals surface area contributed by atoms with Crippen LogP contribution < -0.4 is 0 Å². The molecule has 4 heterocycles. The zero-order chi connectivity index (χ0) is 29.9. The number of aromatic nitrogens is 1. The Kier molecular flexibility index (Phi) is 5.08. The van der Waals surface area contributed by atoms with Crippen LogP contribution in [-0.4, -0.2) is 4.57 Å². The van der Waals surface area contributed by atoms with Crippen LogP contribution in [0, 0.1) is 0 Å². The Labute approximate surface area is 275 Å². The first kappa shape index (κ1) is 25.2. The predicted octanol–water partition coefficient (Wildman–Crippen LogP) is 13.6. The molecule has 0 spiro atoms. The lowest BCUT2D eigenvalue weighted by atomic mass is 9.95. The number of thiophene rings is 3. The predicted molar refractivity (Wildman–Crippen MR) is 205 cm³/mol. The second-order valence-electron chi connectivity index (χ2n) is 12.0. The summed E-state index contributed by atoms with van der Waals surface area (Å²) in [5.74, 6) is 0. The molecule has 46 heavy (non-hydrogen) atoms. The van der Waals surface area contributed by atoms with Gasteiger partial charge in [-0.1, -0.05) is 97.1 Å². The van der Waals surface area contributed by atoms with Crippen LogP contribution in [0.3, 0.4) is 0 Å². The van der Waals surface area contributed by atoms with Crippen molar-refractivity contribution in [3.8, 4) is 16.8 Å². The van der Waals surface area contributed by atoms with Gasteiger partial charge < -0.3 is 4.57 Å². The van der Waals surface area contributed by atoms with Crippen LogP contribution in [0.5, 0.6) is 0 Å². The molecule has 1 nitrogen and oxygen atoms in total. The van der Waals surface area contributed by atoms with Crippen LogP contribution in [-0.2, 0) is 0 Å². The summed E-state index contributed by atoms with van der Waals surface area (Å²) in [6.07, 6.45) is 0. The van der Waals surface area contributed by atoms with Crippen molar-refractivity contribution in [1.29, 1.82) is 0 Å². The van der Waals surface area contributed by atoms with E-state index in [1.54, 1.807) is 0 Å². The van der Waals surface area contributed by atoms with Gasteiger partial charge in [0.25, 0.3) is 0 Å². The maximum atomic E-state index is 2.51. The van der Waals surface area contributed by atoms with Crippen molar-refractivity contribution in [2.45, 2.75) is 0 Å². The summed E-state index contributed by atoms with van der Waals surface area (Å²) >= 11 is 5.70. The highest BCUT2D eigenvalue weighted by Crippen LogP contribution is 2.47. The van der Waals surface area contributed by atoms with Gasteiger partial charge in [0.1, 0.15) is 0 Å². The first-order chi connectivity index (χ1) is 22.8. The van der Waals surface area contributed by atoms with Gasteiger partial charge in [0, 0.05) is 72.3 Å². The molecule has 0 aliphatic carbocycles. The molecule has 11 rings (SSSR count). The number of benzene rings is 7. The molecule has 0 saturated heterocycles. The van der Waals surface area contributed by atoms with Gasteiger partial charge in [0.05, 0.1) is 15.7 Å². The Hall–Kier alpha value is -5.00. The minimum absolute atomic E-state index is 1.21. The van der Waals surface area contributed by atoms with Gasteiger partial charge >= 0.3 is 0 Å². The largest absolute Gasteiger partial charge is 0.308 e. The molecule has 0 fully saturated rings. The Morgan fingerprint density at radius 2 is 0.935 bits per heavy atom. The van der Waals surface area contributed by atoms with Gasteiger partial charge in [0.15, 0.2) is 0 Å². The van der Waals surface area contributed by atoms with E-state index in [0.29, 0.717) is 0 Å². The minimum Gasteiger partial charge on any atom is -0.308 e. The van der Waals surface area contributed by atoms with Crippen molar-refractivity contribution in [2.75, 3.05) is 0 Å². The summed E-state index contributed by atoms with van der Waals surface area (Å²) in [6, 6.07) is 51.9. The van der Waals surface area contributed by atoms with Crippen LogP contribution in [0.15, 0.2) is 140 Å². The molecule has 0 aliphatic heterocycles. The fraction of sp³-hybridized carbons (Fsp3) is 0. The zero-order valence-electron chi connectivity index (χ0n) is 24.5. The van der Waals surface area contributed by atoms with Crippen molar-refractivity contribution in [3.05, 3.63) is 140 Å². The lowest BCUT2D eigenvalue weighted by Crippen LogP contribution is -1.93. The van der Waals surface area contributed by atoms with Gasteiger partial charge in [-0.15, -0.1) is 34.0 Å². The standard InChI is InChI=1S/C42H23NS3/c1-4-14-33-25(9-1)29-21-22-30-26-10-2-5-15-34(26)46-42(30)41(29)43(33)24-19-20-32-38(23-24)45-37-18-8-13-28(40(32)37)27-12-7-17-36-39(27)31-11-3-6-16-35(31)44-36/h1-23H. The van der Waals surface area contributed by atoms with Crippen LogP contribution >= 0.6 is 34.0 Å². The van der Waals surface area contributed by atoms with E-state index in [4.69, 9.17) is 0 Å². The number of rotatable bonds is 2. The van der Waals surface area contributed by atoms with E-state index in [1.165, 1.54) is 99.1 Å². The lowest BCUT2D eigenvalue weighted by Gasteiger charge is -2.10. The highest BCUT2D eigenvalue weighted by atomic mass is 32.1. The van der Waals surface area contributed by atoms with Crippen molar-refractivity contribution in [3.63, 3.8) is 0 Å². The molecule has 11 aromatic rings. The van der Waals surface area contributed by atoms with E-state index < -0.39 is 0 Å². The molecule has 4 heteroatoms. The Bertz CT molecular complexity index is 3040. The third-order valence-corrected chi connectivity index (χ3v) is 13.1. The second-order valence-corrected chi connectivity index (χ2v) is 15.2. The third kappa shape index (κ3) is 3.33. The van der Waals surface area contributed by atoms with Gasteiger partial charge in [-0.3, -0.25) is 0 Å². The Balaban J connectivity index is 1.20. The fourth-order valence-electron chi connectivity index (χ4n) is 7.68. The Morgan fingerprint density at radius 1 is 0.370 bits per heavy atom. The molecule has 0 radical (unpaired) electrons. The van der Waals surface area contributed by atoms with E-state index in [0.717, 1.165) is 0 Å². The molecule has 0 bridgehead atoms. The van der Waals surface area contributed by atoms with Crippen molar-refractivity contribution >= 4 is 116 Å². The normalized spacial score (nSPS) is 12.3. The molecule has 4 aromatic heterocycles. The minimum atomic E-state index is 1.21. The van der Waals surface area contributed by atoms with Gasteiger partial charge in [-0.2, -0.15) is 0 Å². The topological polar surface area (TPSA) is 4.93 Å². The number of hydrogen-bond acceptors (Lipinski definition) is 3. The Morgan fingerprint density at radius 3 is 1.72 bits per heavy atom. The summed E-state index contributed by atoms with van der Waals surface area (Å²) in [6.45, 7) is 0. The molecule has 7 aromatic carbocycles. The summed E-state index contributed by atoms with van der Waals surface area (Å²) < 4.78 is 10.5. The monoisotopic (exact) mass is 637 g/mol. The van der Waals surface area contributed by atoms with E-state index in [-0.39, 0.29) is 0 Å². The molecule has 0 N–H and O–H groups in total. The molecule has 0 amide bonds. The summed E-state index contributed by atoms with van der Waals surface area (Å²) in [7, 11) is 0. The van der Waals surface area contributed by atoms with Gasteiger partial charge in [0.2, 0.25) is 0 Å². The quantitative estimate of drug-likeness (QED) is 0.178. The molecule has 0 saturated carbocycles. The number of para-hydroxylation sites is 1. The smallest absolute Gasteiger partial charge is 0.0719 e. The van der Waals surface area contributed by atoms with Gasteiger partial charge in [-0.25, -0.2) is 0 Å². The summed E-state index contributed by atoms with van der Waals surface area (Å²) in [4.78, 5) is 0. The molecular weight excluding hydrogens is 615 g/mol. The SMILES string of the molecule is c1ccc2c(c1)sc1c2ccc2c3ccccc3n(-c3ccc4c(c3)sc3cccc(-c5cccc6sc7ccccc7c56)c34)c21. The molecule has 0 atom stereocenters. The average Bonchev–Trinajstić information content (AvgIpc) is 3.86. The number of hydrogen-bond donors (Lipinski definition) is 0. The van der Waals surface area contributed by atoms with Crippen LogP contribution in [0.2, 0.25) is 0 Å². The number of nitrogens with zero attached hydrogens (tertiary/aromatic N) is 1. The molecular formula is C42H23NS3. The average molecular weight is 638 g/mol. The van der Waals surface area contributed by atoms with Gasteiger partial charge in [-0.05, 0) is 53.6 Å². The highest BCUT2D eigenvalue weighted by molar-refractivity contribution is 7.27. The second kappa shape index (κ2) is 9.27. The van der Waals surface area contributed by atoms with Crippen LogP contribution in [0.4, 0.5) is 0 Å². The van der Waals surface area contributed by atoms with Crippen molar-refractivity contribution < 1.29 is 0 Å². The maximum absolute atomic E-state index is 2.51. The lowest BCUT2D eigenvalue weighted by molar-refractivity contribution is 1.19. The number of fused-ring (bicyclic) bond motifs is 13. The summed E-state index contributed by atoms with van der Waals surface area (Å²) in [5, 5.41) is 10.7. The highest BCUT2D eigenvalue weighted by Gasteiger charge is 2.20. The zero-order valence-corrected chi connectivity index (χ0v) is 26.9. The van der Waals surface area contributed by atoms with Crippen LogP contribution in [0.1, 0.15) is 0 Å².